The predicted molar refractivity (Wildman–Crippen MR) is 112 cm³/mol. The van der Waals surface area contributed by atoms with E-state index in [1.165, 1.54) is 5.56 Å². The maximum absolute atomic E-state index is 6.37. The van der Waals surface area contributed by atoms with Gasteiger partial charge in [0.15, 0.2) is 0 Å². The first kappa shape index (κ1) is 19.4. The SMILES string of the molecule is Cc1cccc(Nc2ncnc3cccc(OC4CCN(C)CC4)c23)c1.Cl. The van der Waals surface area contributed by atoms with Crippen LogP contribution in [-0.4, -0.2) is 41.1 Å². The molecule has 2 aromatic carbocycles. The average molecular weight is 385 g/mol. The summed E-state index contributed by atoms with van der Waals surface area (Å²) in [7, 11) is 2.16. The highest BCUT2D eigenvalue weighted by Gasteiger charge is 2.20. The zero-order valence-electron chi connectivity index (χ0n) is 15.7. The van der Waals surface area contributed by atoms with Gasteiger partial charge in [-0.05, 0) is 56.6 Å². The molecule has 0 bridgehead atoms. The van der Waals surface area contributed by atoms with E-state index in [9.17, 15) is 0 Å². The Morgan fingerprint density at radius 2 is 1.85 bits per heavy atom. The Morgan fingerprint density at radius 3 is 2.63 bits per heavy atom. The number of hydrogen-bond acceptors (Lipinski definition) is 5. The number of rotatable bonds is 4. The number of aromatic nitrogens is 2. The van der Waals surface area contributed by atoms with Crippen molar-refractivity contribution < 1.29 is 4.74 Å². The largest absolute Gasteiger partial charge is 0.489 e. The quantitative estimate of drug-likeness (QED) is 0.713. The Labute approximate surface area is 166 Å². The minimum absolute atomic E-state index is 0. The number of anilines is 2. The summed E-state index contributed by atoms with van der Waals surface area (Å²) in [6.07, 6.45) is 3.92. The van der Waals surface area contributed by atoms with Gasteiger partial charge in [0, 0.05) is 18.8 Å². The van der Waals surface area contributed by atoms with E-state index in [4.69, 9.17) is 4.74 Å². The molecule has 142 valence electrons. The summed E-state index contributed by atoms with van der Waals surface area (Å²) in [4.78, 5) is 11.3. The zero-order valence-corrected chi connectivity index (χ0v) is 16.5. The Hall–Kier alpha value is -2.37. The lowest BCUT2D eigenvalue weighted by Gasteiger charge is -2.29. The van der Waals surface area contributed by atoms with Crippen molar-refractivity contribution in [2.24, 2.45) is 0 Å². The number of halogens is 1. The molecule has 0 atom stereocenters. The summed E-state index contributed by atoms with van der Waals surface area (Å²) in [5, 5.41) is 4.37. The molecule has 0 saturated carbocycles. The third kappa shape index (κ3) is 4.49. The third-order valence-electron chi connectivity index (χ3n) is 4.86. The number of piperidine rings is 1. The lowest BCUT2D eigenvalue weighted by atomic mass is 10.1. The van der Waals surface area contributed by atoms with E-state index in [2.05, 4.69) is 46.3 Å². The highest BCUT2D eigenvalue weighted by molar-refractivity contribution is 5.95. The van der Waals surface area contributed by atoms with Crippen LogP contribution in [0.1, 0.15) is 18.4 Å². The minimum Gasteiger partial charge on any atom is -0.489 e. The number of hydrogen-bond donors (Lipinski definition) is 1. The maximum atomic E-state index is 6.37. The van der Waals surface area contributed by atoms with Gasteiger partial charge in [0.05, 0.1) is 10.9 Å². The summed E-state index contributed by atoms with van der Waals surface area (Å²) in [6, 6.07) is 14.3. The van der Waals surface area contributed by atoms with Crippen molar-refractivity contribution in [3.05, 3.63) is 54.4 Å². The van der Waals surface area contributed by atoms with E-state index in [1.807, 2.05) is 30.3 Å². The Kier molecular flexibility index (Phi) is 6.14. The van der Waals surface area contributed by atoms with Gasteiger partial charge in [-0.15, -0.1) is 12.4 Å². The van der Waals surface area contributed by atoms with Crippen LogP contribution in [0.4, 0.5) is 11.5 Å². The van der Waals surface area contributed by atoms with E-state index in [1.54, 1.807) is 6.33 Å². The second-order valence-electron chi connectivity index (χ2n) is 6.99. The summed E-state index contributed by atoms with van der Waals surface area (Å²) in [5.41, 5.74) is 3.11. The van der Waals surface area contributed by atoms with Crippen molar-refractivity contribution >= 4 is 34.8 Å². The van der Waals surface area contributed by atoms with Gasteiger partial charge in [0.25, 0.3) is 0 Å². The smallest absolute Gasteiger partial charge is 0.145 e. The molecule has 6 heteroatoms. The first-order chi connectivity index (χ1) is 12.7. The minimum atomic E-state index is 0. The maximum Gasteiger partial charge on any atom is 0.145 e. The number of nitrogens with zero attached hydrogens (tertiary/aromatic N) is 3. The first-order valence-corrected chi connectivity index (χ1v) is 9.11. The lowest BCUT2D eigenvalue weighted by molar-refractivity contribution is 0.116. The van der Waals surface area contributed by atoms with Crippen LogP contribution in [0.2, 0.25) is 0 Å². The van der Waals surface area contributed by atoms with Gasteiger partial charge in [-0.3, -0.25) is 0 Å². The van der Waals surface area contributed by atoms with E-state index in [0.717, 1.165) is 54.1 Å². The second kappa shape index (κ2) is 8.55. The first-order valence-electron chi connectivity index (χ1n) is 9.11. The van der Waals surface area contributed by atoms with E-state index in [0.29, 0.717) is 0 Å². The van der Waals surface area contributed by atoms with E-state index >= 15 is 0 Å². The predicted octanol–water partition coefficient (Wildman–Crippen LogP) is 4.58. The molecule has 0 unspecified atom stereocenters. The molecule has 4 rings (SSSR count). The van der Waals surface area contributed by atoms with E-state index < -0.39 is 0 Å². The molecule has 0 amide bonds. The number of ether oxygens (including phenoxy) is 1. The molecule has 0 radical (unpaired) electrons. The molecule has 1 aromatic heterocycles. The van der Waals surface area contributed by atoms with Crippen LogP contribution in [-0.2, 0) is 0 Å². The lowest BCUT2D eigenvalue weighted by Crippen LogP contribution is -2.35. The Bertz CT molecular complexity index is 904. The van der Waals surface area contributed by atoms with Gasteiger partial charge in [-0.2, -0.15) is 0 Å². The van der Waals surface area contributed by atoms with Gasteiger partial charge >= 0.3 is 0 Å². The fraction of sp³-hybridized carbons (Fsp3) is 0.333. The molecule has 5 nitrogen and oxygen atoms in total. The average Bonchev–Trinajstić information content (AvgIpc) is 2.64. The highest BCUT2D eigenvalue weighted by atomic mass is 35.5. The molecule has 2 heterocycles. The van der Waals surface area contributed by atoms with Gasteiger partial charge in [0.1, 0.15) is 24.0 Å². The summed E-state index contributed by atoms with van der Waals surface area (Å²) in [5.74, 6) is 1.64. The molecule has 0 aliphatic carbocycles. The summed E-state index contributed by atoms with van der Waals surface area (Å²) >= 11 is 0. The number of nitrogens with one attached hydrogen (secondary N) is 1. The zero-order chi connectivity index (χ0) is 17.9. The molecule has 1 fully saturated rings. The molecule has 1 aliphatic heterocycles. The van der Waals surface area contributed by atoms with Gasteiger partial charge in [-0.1, -0.05) is 18.2 Å². The standard InChI is InChI=1S/C21H24N4O.ClH/c1-15-5-3-6-16(13-15)24-21-20-18(22-14-23-21)7-4-8-19(20)26-17-9-11-25(2)12-10-17;/h3-8,13-14,17H,9-12H2,1-2H3,(H,22,23,24);1H. The molecule has 1 N–H and O–H groups in total. The molecule has 0 spiro atoms. The van der Waals surface area contributed by atoms with Crippen molar-refractivity contribution in [2.45, 2.75) is 25.9 Å². The normalized spacial score (nSPS) is 15.3. The van der Waals surface area contributed by atoms with Crippen LogP contribution in [0.25, 0.3) is 10.9 Å². The molecule has 3 aromatic rings. The number of benzene rings is 2. The molecular weight excluding hydrogens is 360 g/mol. The fourth-order valence-electron chi connectivity index (χ4n) is 3.41. The molecule has 27 heavy (non-hydrogen) atoms. The van der Waals surface area contributed by atoms with Crippen molar-refractivity contribution in [1.29, 1.82) is 0 Å². The van der Waals surface area contributed by atoms with Gasteiger partial charge in [0.2, 0.25) is 0 Å². The Morgan fingerprint density at radius 1 is 1.07 bits per heavy atom. The molecular formula is C21H25ClN4O. The van der Waals surface area contributed by atoms with Crippen LogP contribution in [0.3, 0.4) is 0 Å². The molecule has 1 aliphatic rings. The van der Waals surface area contributed by atoms with Gasteiger partial charge < -0.3 is 15.0 Å². The van der Waals surface area contributed by atoms with E-state index in [-0.39, 0.29) is 18.5 Å². The summed E-state index contributed by atoms with van der Waals surface area (Å²) < 4.78 is 6.37. The van der Waals surface area contributed by atoms with Crippen LogP contribution < -0.4 is 10.1 Å². The number of aryl methyl sites for hydroxylation is 1. The fourth-order valence-corrected chi connectivity index (χ4v) is 3.41. The monoisotopic (exact) mass is 384 g/mol. The van der Waals surface area contributed by atoms with Crippen molar-refractivity contribution in [3.8, 4) is 5.75 Å². The topological polar surface area (TPSA) is 50.3 Å². The van der Waals surface area contributed by atoms with Crippen molar-refractivity contribution in [2.75, 3.05) is 25.5 Å². The van der Waals surface area contributed by atoms with Gasteiger partial charge in [-0.25, -0.2) is 9.97 Å². The second-order valence-corrected chi connectivity index (χ2v) is 6.99. The highest BCUT2D eigenvalue weighted by Crippen LogP contribution is 2.33. The number of fused-ring (bicyclic) bond motifs is 1. The van der Waals surface area contributed by atoms with Crippen LogP contribution in [0.5, 0.6) is 5.75 Å². The third-order valence-corrected chi connectivity index (χ3v) is 4.86. The van der Waals surface area contributed by atoms with Crippen LogP contribution >= 0.6 is 12.4 Å². The van der Waals surface area contributed by atoms with Crippen LogP contribution in [0, 0.1) is 6.92 Å². The van der Waals surface area contributed by atoms with Crippen LogP contribution in [0.15, 0.2) is 48.8 Å². The van der Waals surface area contributed by atoms with Crippen molar-refractivity contribution in [1.82, 2.24) is 14.9 Å². The molecule has 1 saturated heterocycles. The summed E-state index contributed by atoms with van der Waals surface area (Å²) in [6.45, 7) is 4.22. The van der Waals surface area contributed by atoms with Crippen molar-refractivity contribution in [3.63, 3.8) is 0 Å². The Balaban J connectivity index is 0.00000210. The number of likely N-dealkylation sites (tertiary alicyclic amines) is 1.